The highest BCUT2D eigenvalue weighted by Crippen LogP contribution is 2.55. The van der Waals surface area contributed by atoms with Gasteiger partial charge in [-0.2, -0.15) is 0 Å². The topological polar surface area (TPSA) is 91.0 Å². The fourth-order valence-corrected chi connectivity index (χ4v) is 7.40. The average molecular weight is 591 g/mol. The van der Waals surface area contributed by atoms with Gasteiger partial charge in [0, 0.05) is 29.8 Å². The zero-order valence-electron chi connectivity index (χ0n) is 24.0. The summed E-state index contributed by atoms with van der Waals surface area (Å²) in [7, 11) is 2.06. The van der Waals surface area contributed by atoms with E-state index >= 15 is 0 Å². The molecule has 0 radical (unpaired) electrons. The van der Waals surface area contributed by atoms with Crippen molar-refractivity contribution in [2.45, 2.75) is 68.9 Å². The molecule has 8 nitrogen and oxygen atoms in total. The molecule has 42 heavy (non-hydrogen) atoms. The fraction of sp³-hybridized carbons (Fsp3) is 0.485. The van der Waals surface area contributed by atoms with Gasteiger partial charge in [0.2, 0.25) is 17.7 Å². The molecular weight excluding hydrogens is 552 g/mol. The molecule has 3 amide bonds. The molecule has 2 aromatic rings. The molecule has 0 aromatic heterocycles. The largest absolute Gasteiger partial charge is 0.359 e. The van der Waals surface area contributed by atoms with Crippen molar-refractivity contribution in [1.29, 1.82) is 0 Å². The van der Waals surface area contributed by atoms with Crippen LogP contribution in [0.5, 0.6) is 0 Å². The number of fused-ring (bicyclic) bond motifs is 1. The van der Waals surface area contributed by atoms with Crippen LogP contribution < -0.4 is 10.6 Å². The number of carbonyl (C=O) groups excluding carboxylic acids is 3. The van der Waals surface area contributed by atoms with Crippen LogP contribution in [0.15, 0.2) is 66.7 Å². The maximum absolute atomic E-state index is 14.2. The van der Waals surface area contributed by atoms with Gasteiger partial charge < -0.3 is 25.2 Å². The molecule has 2 saturated heterocycles. The van der Waals surface area contributed by atoms with Crippen molar-refractivity contribution in [3.05, 3.63) is 77.3 Å². The fourth-order valence-electron chi connectivity index (χ4n) is 7.28. The summed E-state index contributed by atoms with van der Waals surface area (Å²) in [4.78, 5) is 45.7. The van der Waals surface area contributed by atoms with Gasteiger partial charge in [-0.05, 0) is 62.7 Å². The number of rotatable bonds is 10. The molecule has 5 atom stereocenters. The Hall–Kier alpha value is -3.20. The van der Waals surface area contributed by atoms with Crippen LogP contribution >= 0.6 is 11.6 Å². The van der Waals surface area contributed by atoms with Crippen molar-refractivity contribution in [2.75, 3.05) is 25.5 Å². The highest BCUT2D eigenvalue weighted by Gasteiger charge is 2.72. The van der Waals surface area contributed by atoms with E-state index in [4.69, 9.17) is 16.3 Å². The summed E-state index contributed by atoms with van der Waals surface area (Å²) in [6, 6.07) is 16.4. The van der Waals surface area contributed by atoms with E-state index in [9.17, 15) is 14.4 Å². The molecule has 2 N–H and O–H groups in total. The summed E-state index contributed by atoms with van der Waals surface area (Å²) < 4.78 is 6.48. The van der Waals surface area contributed by atoms with Gasteiger partial charge in [0.05, 0.1) is 17.9 Å². The summed E-state index contributed by atoms with van der Waals surface area (Å²) in [6.07, 6.45) is 9.11. The third-order valence-electron chi connectivity index (χ3n) is 9.22. The van der Waals surface area contributed by atoms with Crippen molar-refractivity contribution in [2.24, 2.45) is 11.8 Å². The highest BCUT2D eigenvalue weighted by atomic mass is 35.5. The summed E-state index contributed by atoms with van der Waals surface area (Å²) in [5.41, 5.74) is 0.666. The Bertz CT molecular complexity index is 1330. The first kappa shape index (κ1) is 28.9. The van der Waals surface area contributed by atoms with E-state index in [-0.39, 0.29) is 23.8 Å². The average Bonchev–Trinajstić information content (AvgIpc) is 3.63. The number of nitrogens with one attached hydrogen (secondary N) is 2. The van der Waals surface area contributed by atoms with E-state index in [1.54, 1.807) is 29.2 Å². The number of amides is 3. The van der Waals surface area contributed by atoms with Gasteiger partial charge in [-0.25, -0.2) is 0 Å². The van der Waals surface area contributed by atoms with Crippen LogP contribution in [-0.2, 0) is 25.7 Å². The van der Waals surface area contributed by atoms with Gasteiger partial charge in [-0.15, -0.1) is 0 Å². The first-order chi connectivity index (χ1) is 20.4. The maximum Gasteiger partial charge on any atom is 0.246 e. The van der Waals surface area contributed by atoms with Crippen molar-refractivity contribution < 1.29 is 19.1 Å². The molecule has 2 aromatic carbocycles. The second kappa shape index (κ2) is 12.2. The number of hydrogen-bond donors (Lipinski definition) is 2. The number of likely N-dealkylation sites (tertiary alicyclic amines) is 1. The number of nitrogens with zero attached hydrogens (tertiary/aromatic N) is 2. The molecule has 3 heterocycles. The van der Waals surface area contributed by atoms with E-state index in [0.29, 0.717) is 23.7 Å². The lowest BCUT2D eigenvalue weighted by Gasteiger charge is -2.34. The number of halogens is 1. The van der Waals surface area contributed by atoms with Gasteiger partial charge in [0.15, 0.2) is 0 Å². The van der Waals surface area contributed by atoms with Crippen molar-refractivity contribution in [3.63, 3.8) is 0 Å². The minimum absolute atomic E-state index is 0.0993. The highest BCUT2D eigenvalue weighted by molar-refractivity contribution is 6.30. The van der Waals surface area contributed by atoms with Crippen LogP contribution in [0.4, 0.5) is 5.69 Å². The lowest BCUT2D eigenvalue weighted by atomic mass is 9.74. The van der Waals surface area contributed by atoms with Crippen LogP contribution in [0.2, 0.25) is 5.02 Å². The maximum atomic E-state index is 14.2. The summed E-state index contributed by atoms with van der Waals surface area (Å²) in [5.74, 6) is -2.15. The van der Waals surface area contributed by atoms with E-state index in [2.05, 4.69) is 34.7 Å². The minimum Gasteiger partial charge on any atom is -0.359 e. The number of benzene rings is 2. The van der Waals surface area contributed by atoms with Gasteiger partial charge in [0.1, 0.15) is 11.6 Å². The Morgan fingerprint density at radius 2 is 1.79 bits per heavy atom. The number of ether oxygens (including phenoxy) is 1. The van der Waals surface area contributed by atoms with Crippen molar-refractivity contribution in [1.82, 2.24) is 15.1 Å². The molecule has 222 valence electrons. The molecule has 9 heteroatoms. The zero-order chi connectivity index (χ0) is 29.3. The predicted octanol–water partition coefficient (Wildman–Crippen LogP) is 4.40. The first-order valence-corrected chi connectivity index (χ1v) is 15.5. The molecule has 5 unspecified atom stereocenters. The third-order valence-corrected chi connectivity index (χ3v) is 9.47. The molecule has 3 aliphatic heterocycles. The number of hydrogen-bond acceptors (Lipinski definition) is 5. The minimum atomic E-state index is -1.15. The second-order valence-corrected chi connectivity index (χ2v) is 12.6. The molecule has 1 spiro atoms. The lowest BCUT2D eigenvalue weighted by molar-refractivity contribution is -0.141. The molecule has 1 saturated carbocycles. The van der Waals surface area contributed by atoms with Gasteiger partial charge in [-0.3, -0.25) is 14.4 Å². The van der Waals surface area contributed by atoms with Crippen LogP contribution in [-0.4, -0.2) is 71.4 Å². The number of carbonyl (C=O) groups is 3. The normalized spacial score (nSPS) is 28.4. The van der Waals surface area contributed by atoms with Crippen LogP contribution in [0.1, 0.15) is 44.1 Å². The Labute approximate surface area is 252 Å². The van der Waals surface area contributed by atoms with Gasteiger partial charge >= 0.3 is 0 Å². The Morgan fingerprint density at radius 1 is 1.05 bits per heavy atom. The Morgan fingerprint density at radius 3 is 2.52 bits per heavy atom. The summed E-state index contributed by atoms with van der Waals surface area (Å²) in [6.45, 7) is 1.97. The summed E-state index contributed by atoms with van der Waals surface area (Å²) in [5, 5.41) is 6.77. The van der Waals surface area contributed by atoms with Crippen molar-refractivity contribution in [3.8, 4) is 0 Å². The SMILES string of the molecule is CN(CCCN1C(=O)C2C(C(=O)Nc3ccc(Cl)cc3)C3C=CC2(O3)C1C(=O)NC1CCCCC1)Cc1ccccc1. The Kier molecular flexibility index (Phi) is 8.39. The number of anilines is 1. The first-order valence-electron chi connectivity index (χ1n) is 15.1. The monoisotopic (exact) mass is 590 g/mol. The quantitative estimate of drug-likeness (QED) is 0.400. The van der Waals surface area contributed by atoms with Crippen LogP contribution in [0.25, 0.3) is 0 Å². The predicted molar refractivity (Wildman–Crippen MR) is 162 cm³/mol. The van der Waals surface area contributed by atoms with E-state index in [1.807, 2.05) is 30.4 Å². The zero-order valence-corrected chi connectivity index (χ0v) is 24.8. The molecule has 3 fully saturated rings. The Balaban J connectivity index is 1.21. The smallest absolute Gasteiger partial charge is 0.246 e. The van der Waals surface area contributed by atoms with Gasteiger partial charge in [-0.1, -0.05) is 73.3 Å². The molecule has 1 aliphatic carbocycles. The molecular formula is C33H39ClN4O4. The molecule has 2 bridgehead atoms. The summed E-state index contributed by atoms with van der Waals surface area (Å²) >= 11 is 6.02. The third kappa shape index (κ3) is 5.60. The van der Waals surface area contributed by atoms with Crippen LogP contribution in [0, 0.1) is 11.8 Å². The lowest BCUT2D eigenvalue weighted by Crippen LogP contribution is -2.56. The van der Waals surface area contributed by atoms with Crippen molar-refractivity contribution >= 4 is 35.0 Å². The molecule has 6 rings (SSSR count). The molecule has 4 aliphatic rings. The second-order valence-electron chi connectivity index (χ2n) is 12.1. The van der Waals surface area contributed by atoms with Crippen LogP contribution in [0.3, 0.4) is 0 Å². The van der Waals surface area contributed by atoms with Gasteiger partial charge in [0.25, 0.3) is 0 Å². The van der Waals surface area contributed by atoms with E-state index in [1.165, 1.54) is 12.0 Å². The van der Waals surface area contributed by atoms with E-state index < -0.39 is 29.6 Å². The standard InChI is InChI=1S/C33H39ClN4O4/c1-37(21-22-9-4-2-5-10-22)19-8-20-38-29(31(40)36-24-11-6-3-7-12-24)33-18-17-26(42-33)27(28(33)32(38)41)30(39)35-25-15-13-23(34)14-16-25/h2,4-5,9-10,13-18,24,26-29H,3,6-8,11-12,19-21H2,1H3,(H,35,39)(H,36,40). The van der Waals surface area contributed by atoms with E-state index in [0.717, 1.165) is 38.8 Å².